The molecule has 0 saturated heterocycles. The first-order valence-electron chi connectivity index (χ1n) is 13.7. The summed E-state index contributed by atoms with van der Waals surface area (Å²) in [5.41, 5.74) is 2.81. The maximum absolute atomic E-state index is 11.5. The fraction of sp³-hybridized carbons (Fsp3) is 0.581. The smallest absolute Gasteiger partial charge is 0.306 e. The topological polar surface area (TPSA) is 38.3 Å². The van der Waals surface area contributed by atoms with Crippen molar-refractivity contribution in [1.82, 2.24) is 5.32 Å². The Labute approximate surface area is 207 Å². The van der Waals surface area contributed by atoms with Crippen LogP contribution < -0.4 is 5.32 Å². The van der Waals surface area contributed by atoms with Gasteiger partial charge in [0, 0.05) is 6.42 Å². The van der Waals surface area contributed by atoms with Crippen molar-refractivity contribution in [2.45, 2.75) is 77.6 Å². The zero-order valence-corrected chi connectivity index (χ0v) is 21.2. The lowest BCUT2D eigenvalue weighted by Crippen LogP contribution is -2.23. The molecule has 3 heteroatoms. The molecule has 2 aromatic rings. The number of nitrogens with one attached hydrogen (secondary N) is 1. The summed E-state index contributed by atoms with van der Waals surface area (Å²) in [6.45, 7) is 4.52. The molecular formula is C31H45NO2. The summed E-state index contributed by atoms with van der Waals surface area (Å²) in [4.78, 5) is 11.5. The van der Waals surface area contributed by atoms with Crippen molar-refractivity contribution >= 4 is 5.97 Å². The van der Waals surface area contributed by atoms with Crippen molar-refractivity contribution in [3.05, 3.63) is 71.8 Å². The van der Waals surface area contributed by atoms with Gasteiger partial charge in [-0.15, -0.1) is 0 Å². The molecule has 0 aromatic heterocycles. The Balaban J connectivity index is 0.000000191. The summed E-state index contributed by atoms with van der Waals surface area (Å²) in [5, 5.41) is 3.48. The molecule has 2 atom stereocenters. The number of carbonyl (C=O) groups excluding carboxylic acids is 1. The Kier molecular flexibility index (Phi) is 12.2. The van der Waals surface area contributed by atoms with Crippen LogP contribution in [0.15, 0.2) is 60.7 Å². The van der Waals surface area contributed by atoms with Gasteiger partial charge in [-0.25, -0.2) is 0 Å². The Morgan fingerprint density at radius 1 is 0.794 bits per heavy atom. The minimum Gasteiger partial charge on any atom is -0.466 e. The quantitative estimate of drug-likeness (QED) is 0.304. The van der Waals surface area contributed by atoms with Gasteiger partial charge in [-0.2, -0.15) is 0 Å². The lowest BCUT2D eigenvalue weighted by atomic mass is 9.73. The number of esters is 1. The maximum Gasteiger partial charge on any atom is 0.306 e. The number of benzene rings is 2. The summed E-state index contributed by atoms with van der Waals surface area (Å²) in [6.07, 6.45) is 13.9. The second kappa shape index (κ2) is 15.7. The van der Waals surface area contributed by atoms with Crippen LogP contribution in [0.1, 0.15) is 75.8 Å². The Bertz CT molecular complexity index is 744. The van der Waals surface area contributed by atoms with Crippen LogP contribution in [0.3, 0.4) is 0 Å². The Hall–Kier alpha value is -2.13. The summed E-state index contributed by atoms with van der Waals surface area (Å²) >= 11 is 0. The molecule has 0 heterocycles. The Morgan fingerprint density at radius 2 is 1.35 bits per heavy atom. The van der Waals surface area contributed by atoms with Crippen LogP contribution in [0, 0.1) is 17.8 Å². The van der Waals surface area contributed by atoms with Crippen molar-refractivity contribution in [3.8, 4) is 0 Å². The molecule has 2 unspecified atom stereocenters. The van der Waals surface area contributed by atoms with Crippen LogP contribution in [0.2, 0.25) is 0 Å². The molecule has 0 aliphatic heterocycles. The molecule has 34 heavy (non-hydrogen) atoms. The summed E-state index contributed by atoms with van der Waals surface area (Å²) in [5.74, 6) is 2.50. The molecule has 2 aromatic carbocycles. The van der Waals surface area contributed by atoms with Crippen LogP contribution in [0.5, 0.6) is 0 Å². The standard InChI is InChI=1S/C16H19N.C15H26O2/c1-3-7-15(8-4-1)11-13-17-14-12-16-9-5-2-6-10-16;1-2-17-15(16)11-12-6-5-9-14(10-12)13-7-3-4-8-13/h1-10,17H,11-14H2;12-14H,2-11H2,1H3. The molecule has 1 N–H and O–H groups in total. The summed E-state index contributed by atoms with van der Waals surface area (Å²) in [6, 6.07) is 21.2. The van der Waals surface area contributed by atoms with E-state index in [0.29, 0.717) is 18.9 Å². The molecule has 0 bridgehead atoms. The molecule has 0 spiro atoms. The molecule has 2 aliphatic rings. The van der Waals surface area contributed by atoms with Crippen LogP contribution in [0.25, 0.3) is 0 Å². The molecule has 2 aliphatic carbocycles. The van der Waals surface area contributed by atoms with Crippen molar-refractivity contribution < 1.29 is 9.53 Å². The van der Waals surface area contributed by atoms with Gasteiger partial charge in [-0.3, -0.25) is 4.79 Å². The number of ether oxygens (including phenoxy) is 1. The molecule has 186 valence electrons. The first-order valence-corrected chi connectivity index (χ1v) is 13.7. The van der Waals surface area contributed by atoms with Gasteiger partial charge in [0.05, 0.1) is 6.61 Å². The van der Waals surface area contributed by atoms with E-state index in [1.54, 1.807) is 0 Å². The largest absolute Gasteiger partial charge is 0.466 e. The third kappa shape index (κ3) is 10.0. The summed E-state index contributed by atoms with van der Waals surface area (Å²) in [7, 11) is 0. The molecular weight excluding hydrogens is 418 g/mol. The number of rotatable bonds is 10. The minimum absolute atomic E-state index is 0.0181. The second-order valence-corrected chi connectivity index (χ2v) is 10.1. The van der Waals surface area contributed by atoms with Gasteiger partial charge in [0.25, 0.3) is 0 Å². The van der Waals surface area contributed by atoms with Gasteiger partial charge in [-0.1, -0.05) is 99.2 Å². The van der Waals surface area contributed by atoms with E-state index >= 15 is 0 Å². The highest BCUT2D eigenvalue weighted by Gasteiger charge is 2.31. The van der Waals surface area contributed by atoms with E-state index in [1.165, 1.54) is 62.5 Å². The zero-order chi connectivity index (χ0) is 23.8. The maximum atomic E-state index is 11.5. The molecule has 0 amide bonds. The highest BCUT2D eigenvalue weighted by molar-refractivity contribution is 5.69. The van der Waals surface area contributed by atoms with Gasteiger partial charge in [0.15, 0.2) is 0 Å². The van der Waals surface area contributed by atoms with E-state index in [0.717, 1.165) is 37.8 Å². The fourth-order valence-electron chi connectivity index (χ4n) is 5.71. The molecule has 4 rings (SSSR count). The van der Waals surface area contributed by atoms with E-state index in [2.05, 4.69) is 66.0 Å². The van der Waals surface area contributed by atoms with Gasteiger partial charge in [0.2, 0.25) is 0 Å². The lowest BCUT2D eigenvalue weighted by molar-refractivity contribution is -0.144. The van der Waals surface area contributed by atoms with Crippen LogP contribution in [-0.2, 0) is 22.4 Å². The summed E-state index contributed by atoms with van der Waals surface area (Å²) < 4.78 is 5.07. The van der Waals surface area contributed by atoms with E-state index in [1.807, 2.05) is 6.92 Å². The molecule has 2 saturated carbocycles. The third-order valence-corrected chi connectivity index (χ3v) is 7.52. The minimum atomic E-state index is 0.0181. The van der Waals surface area contributed by atoms with Crippen molar-refractivity contribution in [2.75, 3.05) is 19.7 Å². The first kappa shape index (κ1) is 26.5. The van der Waals surface area contributed by atoms with Gasteiger partial charge in [-0.05, 0) is 74.6 Å². The lowest BCUT2D eigenvalue weighted by Gasteiger charge is -2.32. The van der Waals surface area contributed by atoms with Crippen molar-refractivity contribution in [3.63, 3.8) is 0 Å². The van der Waals surface area contributed by atoms with E-state index in [9.17, 15) is 4.79 Å². The average molecular weight is 464 g/mol. The van der Waals surface area contributed by atoms with Crippen LogP contribution in [0.4, 0.5) is 0 Å². The predicted octanol–water partition coefficient (Wildman–Crippen LogP) is 7.00. The Morgan fingerprint density at radius 3 is 1.91 bits per heavy atom. The average Bonchev–Trinajstić information content (AvgIpc) is 3.41. The predicted molar refractivity (Wildman–Crippen MR) is 142 cm³/mol. The fourth-order valence-corrected chi connectivity index (χ4v) is 5.71. The number of hydrogen-bond donors (Lipinski definition) is 1. The van der Waals surface area contributed by atoms with Crippen molar-refractivity contribution in [1.29, 1.82) is 0 Å². The van der Waals surface area contributed by atoms with Gasteiger partial charge in [0.1, 0.15) is 0 Å². The van der Waals surface area contributed by atoms with Gasteiger partial charge >= 0.3 is 5.97 Å². The van der Waals surface area contributed by atoms with Crippen molar-refractivity contribution in [2.24, 2.45) is 17.8 Å². The molecule has 3 nitrogen and oxygen atoms in total. The number of hydrogen-bond acceptors (Lipinski definition) is 3. The van der Waals surface area contributed by atoms with Crippen LogP contribution in [-0.4, -0.2) is 25.7 Å². The molecule has 2 fully saturated rings. The highest BCUT2D eigenvalue weighted by atomic mass is 16.5. The van der Waals surface area contributed by atoms with Gasteiger partial charge < -0.3 is 10.1 Å². The normalized spacial score (nSPS) is 20.4. The molecule has 0 radical (unpaired) electrons. The monoisotopic (exact) mass is 463 g/mol. The first-order chi connectivity index (χ1) is 16.7. The van der Waals surface area contributed by atoms with Crippen LogP contribution >= 0.6 is 0 Å². The van der Waals surface area contributed by atoms with E-state index < -0.39 is 0 Å². The zero-order valence-electron chi connectivity index (χ0n) is 21.2. The second-order valence-electron chi connectivity index (χ2n) is 10.1. The highest BCUT2D eigenvalue weighted by Crippen LogP contribution is 2.42. The third-order valence-electron chi connectivity index (χ3n) is 7.52. The van der Waals surface area contributed by atoms with E-state index in [-0.39, 0.29) is 5.97 Å². The SMILES string of the molecule is CCOC(=O)CC1CCCC(C2CCCC2)C1.c1ccc(CCNCCc2ccccc2)cc1. The van der Waals surface area contributed by atoms with E-state index in [4.69, 9.17) is 4.74 Å². The number of carbonyl (C=O) groups is 1.